The summed E-state index contributed by atoms with van der Waals surface area (Å²) in [5.41, 5.74) is 5.59. The van der Waals surface area contributed by atoms with Gasteiger partial charge < -0.3 is 16.2 Å². The Morgan fingerprint density at radius 3 is 2.42 bits per heavy atom. The highest BCUT2D eigenvalue weighted by atomic mass is 32.2. The zero-order valence-corrected chi connectivity index (χ0v) is 11.5. The Hall–Kier alpha value is -1.44. The number of nitrogens with one attached hydrogen (secondary N) is 1. The SMILES string of the molecule is CS(=O)(=O)c1ccc(C(O)CCNCC(N)=O)cc1. The van der Waals surface area contributed by atoms with Gasteiger partial charge in [-0.25, -0.2) is 8.42 Å². The van der Waals surface area contributed by atoms with Gasteiger partial charge in [0.2, 0.25) is 5.91 Å². The Balaban J connectivity index is 2.54. The van der Waals surface area contributed by atoms with Crippen LogP contribution in [0.5, 0.6) is 0 Å². The number of aliphatic hydroxyl groups excluding tert-OH is 1. The number of nitrogens with two attached hydrogens (primary N) is 1. The van der Waals surface area contributed by atoms with E-state index in [1.165, 1.54) is 12.1 Å². The normalized spacial score (nSPS) is 13.2. The van der Waals surface area contributed by atoms with Crippen molar-refractivity contribution in [2.75, 3.05) is 19.3 Å². The predicted octanol–water partition coefficient (Wildman–Crippen LogP) is -0.411. The van der Waals surface area contributed by atoms with Crippen molar-refractivity contribution >= 4 is 15.7 Å². The van der Waals surface area contributed by atoms with Gasteiger partial charge in [0.1, 0.15) is 0 Å². The van der Waals surface area contributed by atoms with Gasteiger partial charge in [0.15, 0.2) is 9.84 Å². The molecule has 0 heterocycles. The van der Waals surface area contributed by atoms with E-state index in [2.05, 4.69) is 5.32 Å². The molecule has 0 bridgehead atoms. The molecule has 1 amide bonds. The number of rotatable bonds is 7. The minimum atomic E-state index is -3.22. The van der Waals surface area contributed by atoms with E-state index < -0.39 is 21.8 Å². The number of primary amides is 1. The monoisotopic (exact) mass is 286 g/mol. The van der Waals surface area contributed by atoms with E-state index in [0.29, 0.717) is 18.5 Å². The van der Waals surface area contributed by atoms with Crippen LogP contribution in [0.4, 0.5) is 0 Å². The maximum absolute atomic E-state index is 11.3. The highest BCUT2D eigenvalue weighted by molar-refractivity contribution is 7.90. The van der Waals surface area contributed by atoms with Crippen molar-refractivity contribution in [3.8, 4) is 0 Å². The zero-order valence-electron chi connectivity index (χ0n) is 10.7. The molecule has 1 atom stereocenters. The third-order valence-electron chi connectivity index (χ3n) is 2.59. The predicted molar refractivity (Wildman–Crippen MR) is 71.2 cm³/mol. The zero-order chi connectivity index (χ0) is 14.5. The maximum atomic E-state index is 11.3. The summed E-state index contributed by atoms with van der Waals surface area (Å²) >= 11 is 0. The number of sulfone groups is 1. The van der Waals surface area contributed by atoms with Gasteiger partial charge in [-0.15, -0.1) is 0 Å². The average molecular weight is 286 g/mol. The van der Waals surface area contributed by atoms with Crippen LogP contribution in [0.25, 0.3) is 0 Å². The van der Waals surface area contributed by atoms with E-state index >= 15 is 0 Å². The van der Waals surface area contributed by atoms with Crippen molar-refractivity contribution in [2.24, 2.45) is 5.73 Å². The van der Waals surface area contributed by atoms with Gasteiger partial charge in [0.05, 0.1) is 17.5 Å². The average Bonchev–Trinajstić information content (AvgIpc) is 2.33. The molecule has 106 valence electrons. The number of benzene rings is 1. The molecule has 19 heavy (non-hydrogen) atoms. The first kappa shape index (κ1) is 15.6. The van der Waals surface area contributed by atoms with Crippen molar-refractivity contribution in [1.82, 2.24) is 5.32 Å². The molecule has 1 aromatic carbocycles. The standard InChI is InChI=1S/C12H18N2O4S/c1-19(17,18)10-4-2-9(3-5-10)11(15)6-7-14-8-12(13)16/h2-5,11,14-15H,6-8H2,1H3,(H2,13,16). The minimum absolute atomic E-state index is 0.0692. The maximum Gasteiger partial charge on any atom is 0.231 e. The van der Waals surface area contributed by atoms with E-state index in [1.807, 2.05) is 0 Å². The summed E-state index contributed by atoms with van der Waals surface area (Å²) in [7, 11) is -3.22. The summed E-state index contributed by atoms with van der Waals surface area (Å²) in [4.78, 5) is 10.7. The summed E-state index contributed by atoms with van der Waals surface area (Å²) in [5.74, 6) is -0.452. The van der Waals surface area contributed by atoms with Gasteiger partial charge in [-0.3, -0.25) is 4.79 Å². The van der Waals surface area contributed by atoms with Crippen LogP contribution < -0.4 is 11.1 Å². The second kappa shape index (κ2) is 6.65. The molecule has 0 radical (unpaired) electrons. The Labute approximate surface area is 112 Å². The van der Waals surface area contributed by atoms with E-state index in [4.69, 9.17) is 5.73 Å². The summed E-state index contributed by atoms with van der Waals surface area (Å²) in [6, 6.07) is 6.08. The molecule has 0 fully saturated rings. The Morgan fingerprint density at radius 2 is 1.95 bits per heavy atom. The van der Waals surface area contributed by atoms with E-state index in [0.717, 1.165) is 6.26 Å². The minimum Gasteiger partial charge on any atom is -0.388 e. The van der Waals surface area contributed by atoms with Crippen molar-refractivity contribution in [3.63, 3.8) is 0 Å². The van der Waals surface area contributed by atoms with Crippen LogP contribution in [0.15, 0.2) is 29.2 Å². The Morgan fingerprint density at radius 1 is 1.37 bits per heavy atom. The Bertz CT molecular complexity index is 525. The van der Waals surface area contributed by atoms with Crippen LogP contribution in [0.1, 0.15) is 18.1 Å². The number of carbonyl (C=O) groups is 1. The molecule has 0 saturated carbocycles. The van der Waals surface area contributed by atoms with Gasteiger partial charge in [-0.2, -0.15) is 0 Å². The molecule has 0 saturated heterocycles. The largest absolute Gasteiger partial charge is 0.388 e. The Kier molecular flexibility index (Phi) is 5.46. The fourth-order valence-corrected chi connectivity index (χ4v) is 2.18. The molecular weight excluding hydrogens is 268 g/mol. The van der Waals surface area contributed by atoms with E-state index in [1.54, 1.807) is 12.1 Å². The second-order valence-electron chi connectivity index (χ2n) is 4.29. The molecule has 0 spiro atoms. The third-order valence-corrected chi connectivity index (χ3v) is 3.72. The summed E-state index contributed by atoms with van der Waals surface area (Å²) in [6.07, 6.45) is 0.825. The molecule has 1 aromatic rings. The molecule has 0 aliphatic rings. The molecule has 0 aromatic heterocycles. The lowest BCUT2D eigenvalue weighted by molar-refractivity contribution is -0.117. The van der Waals surface area contributed by atoms with Crippen LogP contribution in [0.2, 0.25) is 0 Å². The fourth-order valence-electron chi connectivity index (χ4n) is 1.55. The lowest BCUT2D eigenvalue weighted by Crippen LogP contribution is -2.29. The summed E-state index contributed by atoms with van der Waals surface area (Å²) in [5, 5.41) is 12.7. The van der Waals surface area contributed by atoms with Crippen LogP contribution in [-0.4, -0.2) is 38.8 Å². The number of aliphatic hydroxyl groups is 1. The molecule has 6 nitrogen and oxygen atoms in total. The molecule has 0 aliphatic heterocycles. The number of amides is 1. The van der Waals surface area contributed by atoms with E-state index in [9.17, 15) is 18.3 Å². The molecule has 4 N–H and O–H groups in total. The highest BCUT2D eigenvalue weighted by Crippen LogP contribution is 2.18. The quantitative estimate of drug-likeness (QED) is 0.590. The second-order valence-corrected chi connectivity index (χ2v) is 6.30. The summed E-state index contributed by atoms with van der Waals surface area (Å²) in [6.45, 7) is 0.512. The first-order chi connectivity index (χ1) is 8.80. The number of hydrogen-bond donors (Lipinski definition) is 3. The van der Waals surface area contributed by atoms with Gasteiger partial charge in [-0.05, 0) is 30.7 Å². The smallest absolute Gasteiger partial charge is 0.231 e. The molecule has 7 heteroatoms. The van der Waals surface area contributed by atoms with Crippen LogP contribution >= 0.6 is 0 Å². The summed E-state index contributed by atoms with van der Waals surface area (Å²) < 4.78 is 22.5. The van der Waals surface area contributed by atoms with E-state index in [-0.39, 0.29) is 11.4 Å². The van der Waals surface area contributed by atoms with Crippen molar-refractivity contribution < 1.29 is 18.3 Å². The van der Waals surface area contributed by atoms with Crippen molar-refractivity contribution in [2.45, 2.75) is 17.4 Å². The van der Waals surface area contributed by atoms with Crippen LogP contribution in [0, 0.1) is 0 Å². The molecule has 1 unspecified atom stereocenters. The van der Waals surface area contributed by atoms with Gasteiger partial charge in [0.25, 0.3) is 0 Å². The fraction of sp³-hybridized carbons (Fsp3) is 0.417. The van der Waals surface area contributed by atoms with Gasteiger partial charge in [-0.1, -0.05) is 12.1 Å². The number of hydrogen-bond acceptors (Lipinski definition) is 5. The lowest BCUT2D eigenvalue weighted by atomic mass is 10.1. The topological polar surface area (TPSA) is 109 Å². The first-order valence-corrected chi connectivity index (χ1v) is 7.67. The molecule has 0 aliphatic carbocycles. The third kappa shape index (κ3) is 5.37. The van der Waals surface area contributed by atoms with Crippen molar-refractivity contribution in [3.05, 3.63) is 29.8 Å². The lowest BCUT2D eigenvalue weighted by Gasteiger charge is -2.11. The van der Waals surface area contributed by atoms with Crippen molar-refractivity contribution in [1.29, 1.82) is 0 Å². The highest BCUT2D eigenvalue weighted by Gasteiger charge is 2.10. The molecule has 1 rings (SSSR count). The number of carbonyl (C=O) groups excluding carboxylic acids is 1. The van der Waals surface area contributed by atoms with Gasteiger partial charge in [0, 0.05) is 6.26 Å². The molecular formula is C12H18N2O4S. The van der Waals surface area contributed by atoms with Crippen LogP contribution in [0.3, 0.4) is 0 Å². The van der Waals surface area contributed by atoms with Crippen LogP contribution in [-0.2, 0) is 14.6 Å². The van der Waals surface area contributed by atoms with Gasteiger partial charge >= 0.3 is 0 Å². The first-order valence-electron chi connectivity index (χ1n) is 5.78.